The largest absolute Gasteiger partial charge is 0.276 e. The van der Waals surface area contributed by atoms with Crippen LogP contribution in [0.4, 0.5) is 22.7 Å². The van der Waals surface area contributed by atoms with Crippen molar-refractivity contribution in [2.45, 2.75) is 9.79 Å². The van der Waals surface area contributed by atoms with Crippen molar-refractivity contribution in [3.05, 3.63) is 128 Å². The van der Waals surface area contributed by atoms with Gasteiger partial charge in [-0.3, -0.25) is 30.2 Å². The van der Waals surface area contributed by atoms with Gasteiger partial charge in [-0.15, -0.1) is 0 Å². The molecule has 11 heteroatoms. The van der Waals surface area contributed by atoms with E-state index in [1.165, 1.54) is 36.7 Å². The van der Waals surface area contributed by atoms with Gasteiger partial charge in [0.1, 0.15) is 0 Å². The van der Waals surface area contributed by atoms with E-state index in [0.717, 1.165) is 0 Å². The Morgan fingerprint density at radius 2 is 1.02 bits per heavy atom. The molecule has 0 aromatic heterocycles. The summed E-state index contributed by atoms with van der Waals surface area (Å²) in [7, 11) is -3.82. The highest BCUT2D eigenvalue weighted by Crippen LogP contribution is 2.45. The van der Waals surface area contributed by atoms with Gasteiger partial charge in [-0.2, -0.15) is 0 Å². The molecule has 1 aliphatic heterocycles. The maximum atomic E-state index is 13.4. The van der Waals surface area contributed by atoms with Crippen molar-refractivity contribution in [3.63, 3.8) is 0 Å². The molecule has 0 radical (unpaired) electrons. The number of nitro groups is 2. The topological polar surface area (TPSA) is 145 Å². The van der Waals surface area contributed by atoms with E-state index < -0.39 is 19.7 Å². The Kier molecular flexibility index (Phi) is 7.44. The number of aliphatic imine (C=N–C) groups is 2. The van der Waals surface area contributed by atoms with Crippen LogP contribution in [0.15, 0.2) is 117 Å². The molecule has 0 saturated heterocycles. The molecule has 0 aliphatic carbocycles. The molecule has 4 aromatic carbocycles. The van der Waals surface area contributed by atoms with Gasteiger partial charge in [-0.25, -0.2) is 8.42 Å². The maximum Gasteiger partial charge on any atom is 0.276 e. The van der Waals surface area contributed by atoms with Crippen molar-refractivity contribution in [3.8, 4) is 11.1 Å². The predicted molar refractivity (Wildman–Crippen MR) is 158 cm³/mol. The molecule has 1 heterocycles. The fourth-order valence-corrected chi connectivity index (χ4v) is 6.06. The first kappa shape index (κ1) is 27.0. The van der Waals surface area contributed by atoms with E-state index in [1.54, 1.807) is 85.0 Å². The number of hydrogen-bond donors (Lipinski definition) is 0. The Labute approximate surface area is 234 Å². The van der Waals surface area contributed by atoms with Crippen molar-refractivity contribution in [1.82, 2.24) is 0 Å². The number of hydrogen-bond acceptors (Lipinski definition) is 8. The smallest absolute Gasteiger partial charge is 0.258 e. The van der Waals surface area contributed by atoms with Gasteiger partial charge in [0.2, 0.25) is 9.84 Å². The van der Waals surface area contributed by atoms with Gasteiger partial charge in [-0.05, 0) is 60.7 Å². The van der Waals surface area contributed by atoms with Gasteiger partial charge in [0.25, 0.3) is 11.4 Å². The van der Waals surface area contributed by atoms with Crippen molar-refractivity contribution in [2.75, 3.05) is 0 Å². The zero-order valence-corrected chi connectivity index (χ0v) is 22.0. The van der Waals surface area contributed by atoms with Crippen LogP contribution in [0.25, 0.3) is 23.3 Å². The lowest BCUT2D eigenvalue weighted by molar-refractivity contribution is -0.385. The van der Waals surface area contributed by atoms with Crippen LogP contribution in [0, 0.1) is 20.2 Å². The highest BCUT2D eigenvalue weighted by atomic mass is 32.2. The van der Waals surface area contributed by atoms with Crippen LogP contribution < -0.4 is 0 Å². The molecule has 0 spiro atoms. The fourth-order valence-electron chi connectivity index (χ4n) is 4.33. The van der Waals surface area contributed by atoms with E-state index in [-0.39, 0.29) is 21.2 Å². The minimum absolute atomic E-state index is 0.0292. The number of nitrogens with zero attached hydrogens (tertiary/aromatic N) is 4. The van der Waals surface area contributed by atoms with E-state index in [9.17, 15) is 28.6 Å². The first-order valence-electron chi connectivity index (χ1n) is 12.2. The zero-order valence-electron chi connectivity index (χ0n) is 21.2. The summed E-state index contributed by atoms with van der Waals surface area (Å²) in [4.78, 5) is 30.2. The number of allylic oxidation sites excluding steroid dienone is 2. The third kappa shape index (κ3) is 5.60. The lowest BCUT2D eigenvalue weighted by Gasteiger charge is -2.00. The molecule has 10 nitrogen and oxygen atoms in total. The highest BCUT2D eigenvalue weighted by Gasteiger charge is 2.33. The number of nitro benzene ring substituents is 2. The molecule has 0 fully saturated rings. The summed E-state index contributed by atoms with van der Waals surface area (Å²) in [6.07, 6.45) is 9.09. The molecule has 4 aromatic rings. The standard InChI is InChI=1S/C30H20N4O6S/c35-33(36)27-11-3-1-7-21(27)9-5-17-31-23-13-15-25-26-16-14-24(20-30(26)41(39,40)29(25)19-23)32-18-6-10-22-8-2-4-12-28(22)34(37)38/h1-20H/b9-5+,10-6+,31-17?,32-18?. The second kappa shape index (κ2) is 11.3. The van der Waals surface area contributed by atoms with Crippen LogP contribution in [-0.2, 0) is 9.84 Å². The minimum atomic E-state index is -3.82. The third-order valence-electron chi connectivity index (χ3n) is 6.24. The second-order valence-electron chi connectivity index (χ2n) is 8.77. The predicted octanol–water partition coefficient (Wildman–Crippen LogP) is 7.15. The van der Waals surface area contributed by atoms with Crippen molar-refractivity contribution >= 4 is 57.2 Å². The van der Waals surface area contributed by atoms with Crippen LogP contribution >= 0.6 is 0 Å². The fraction of sp³-hybridized carbons (Fsp3) is 0. The monoisotopic (exact) mass is 564 g/mol. The lowest BCUT2D eigenvalue weighted by atomic mass is 10.1. The van der Waals surface area contributed by atoms with Crippen molar-refractivity contribution in [1.29, 1.82) is 0 Å². The normalized spacial score (nSPS) is 13.8. The summed E-state index contributed by atoms with van der Waals surface area (Å²) in [5, 5.41) is 22.3. The van der Waals surface area contributed by atoms with Crippen LogP contribution in [0.1, 0.15) is 11.1 Å². The summed E-state index contributed by atoms with van der Waals surface area (Å²) in [6.45, 7) is 0. The highest BCUT2D eigenvalue weighted by molar-refractivity contribution is 7.92. The molecular formula is C30H20N4O6S. The molecule has 0 bridgehead atoms. The SMILES string of the molecule is O=[N+]([O-])c1ccccc1/C=C/C=Nc1ccc2c(c1)S(=O)(=O)c1cc(N=C/C=C/c3ccccc3[N+](=O)[O-])ccc1-2. The summed E-state index contributed by atoms with van der Waals surface area (Å²) in [5.74, 6) is 0. The van der Waals surface area contributed by atoms with Crippen LogP contribution in [0.5, 0.6) is 0 Å². The average Bonchev–Trinajstić information content (AvgIpc) is 3.19. The number of para-hydroxylation sites is 2. The molecule has 0 N–H and O–H groups in total. The molecule has 5 rings (SSSR count). The second-order valence-corrected chi connectivity index (χ2v) is 10.7. The Morgan fingerprint density at radius 3 is 1.44 bits per heavy atom. The average molecular weight is 565 g/mol. The van der Waals surface area contributed by atoms with Gasteiger partial charge in [0.15, 0.2) is 0 Å². The quantitative estimate of drug-likeness (QED) is 0.111. The minimum Gasteiger partial charge on any atom is -0.258 e. The van der Waals surface area contributed by atoms with Gasteiger partial charge in [0.05, 0.1) is 42.1 Å². The van der Waals surface area contributed by atoms with Crippen molar-refractivity contribution < 1.29 is 18.3 Å². The Hall–Kier alpha value is -5.55. The van der Waals surface area contributed by atoms with E-state index in [0.29, 0.717) is 33.6 Å². The lowest BCUT2D eigenvalue weighted by Crippen LogP contribution is -1.96. The number of benzene rings is 4. The first-order valence-corrected chi connectivity index (χ1v) is 13.7. The maximum absolute atomic E-state index is 13.4. The van der Waals surface area contributed by atoms with E-state index >= 15 is 0 Å². The molecule has 1 aliphatic rings. The molecule has 0 saturated carbocycles. The van der Waals surface area contributed by atoms with Gasteiger partial charge < -0.3 is 0 Å². The summed E-state index contributed by atoms with van der Waals surface area (Å²) in [5.41, 5.74) is 2.72. The third-order valence-corrected chi connectivity index (χ3v) is 8.07. The van der Waals surface area contributed by atoms with Crippen LogP contribution in [-0.4, -0.2) is 30.7 Å². The molecule has 202 valence electrons. The molecule has 41 heavy (non-hydrogen) atoms. The Bertz CT molecular complexity index is 1790. The summed E-state index contributed by atoms with van der Waals surface area (Å²) in [6, 6.07) is 22.3. The van der Waals surface area contributed by atoms with Gasteiger partial charge >= 0.3 is 0 Å². The van der Waals surface area contributed by atoms with Gasteiger partial charge in [-0.1, -0.05) is 36.4 Å². The number of rotatable bonds is 8. The van der Waals surface area contributed by atoms with E-state index in [4.69, 9.17) is 0 Å². The van der Waals surface area contributed by atoms with Crippen LogP contribution in [0.2, 0.25) is 0 Å². The molecule has 0 unspecified atom stereocenters. The summed E-state index contributed by atoms with van der Waals surface area (Å²) < 4.78 is 26.7. The first-order chi connectivity index (χ1) is 19.8. The van der Waals surface area contributed by atoms with E-state index in [1.807, 2.05) is 0 Å². The molecule has 0 amide bonds. The Balaban J connectivity index is 1.34. The van der Waals surface area contributed by atoms with Crippen LogP contribution in [0.3, 0.4) is 0 Å². The number of fused-ring (bicyclic) bond motifs is 3. The molecular weight excluding hydrogens is 544 g/mol. The zero-order chi connectivity index (χ0) is 29.0. The number of sulfone groups is 1. The Morgan fingerprint density at radius 1 is 0.610 bits per heavy atom. The van der Waals surface area contributed by atoms with Gasteiger partial charge in [0, 0.05) is 35.7 Å². The van der Waals surface area contributed by atoms with Crippen molar-refractivity contribution in [2.24, 2.45) is 9.98 Å². The summed E-state index contributed by atoms with van der Waals surface area (Å²) >= 11 is 0. The van der Waals surface area contributed by atoms with E-state index in [2.05, 4.69) is 9.98 Å². The molecule has 0 atom stereocenters.